The number of furan rings is 1. The number of fused-ring (bicyclic) bond motifs is 1. The Balaban J connectivity index is 1.51. The molecule has 0 aliphatic heterocycles. The third kappa shape index (κ3) is 2.63. The van der Waals surface area contributed by atoms with E-state index in [1.807, 2.05) is 36.4 Å². The molecule has 0 saturated heterocycles. The molecular weight excluding hydrogens is 300 g/mol. The van der Waals surface area contributed by atoms with Crippen molar-refractivity contribution in [3.8, 4) is 0 Å². The smallest absolute Gasteiger partial charge is 0.174 e. The fraction of sp³-hybridized carbons (Fsp3) is 0. The Bertz CT molecular complexity index is 891. The van der Waals surface area contributed by atoms with Gasteiger partial charge in [0.15, 0.2) is 10.2 Å². The van der Waals surface area contributed by atoms with Crippen LogP contribution in [0.15, 0.2) is 68.8 Å². The summed E-state index contributed by atoms with van der Waals surface area (Å²) >= 11 is 1.43. The lowest BCUT2D eigenvalue weighted by molar-refractivity contribution is 0.468. The van der Waals surface area contributed by atoms with Crippen molar-refractivity contribution in [3.05, 3.63) is 54.8 Å². The van der Waals surface area contributed by atoms with Crippen LogP contribution in [-0.2, 0) is 0 Å². The molecule has 8 heteroatoms. The van der Waals surface area contributed by atoms with E-state index in [1.165, 1.54) is 29.1 Å². The molecule has 4 rings (SSSR count). The number of benzene rings is 1. The zero-order valence-electron chi connectivity index (χ0n) is 11.2. The topological polar surface area (TPSA) is 84.9 Å². The maximum absolute atomic E-state index is 5.68. The zero-order valence-corrected chi connectivity index (χ0v) is 12.1. The second kappa shape index (κ2) is 5.49. The lowest BCUT2D eigenvalue weighted by Gasteiger charge is -1.91. The lowest BCUT2D eigenvalue weighted by Crippen LogP contribution is -1.84. The lowest BCUT2D eigenvalue weighted by atomic mass is 10.3. The number of para-hydroxylation sites is 2. The highest BCUT2D eigenvalue weighted by molar-refractivity contribution is 7.99. The van der Waals surface area contributed by atoms with Crippen LogP contribution in [0.2, 0.25) is 0 Å². The molecule has 0 unspecified atom stereocenters. The van der Waals surface area contributed by atoms with E-state index in [0.717, 1.165) is 21.3 Å². The van der Waals surface area contributed by atoms with Gasteiger partial charge in [0.1, 0.15) is 18.4 Å². The molecule has 1 aromatic carbocycles. The maximum atomic E-state index is 5.68. The molecule has 0 spiro atoms. The van der Waals surface area contributed by atoms with Crippen molar-refractivity contribution >= 4 is 29.0 Å². The minimum Gasteiger partial charge on any atom is -0.448 e. The Hall–Kier alpha value is -2.87. The van der Waals surface area contributed by atoms with E-state index in [2.05, 4.69) is 25.3 Å². The Morgan fingerprint density at radius 3 is 2.86 bits per heavy atom. The first-order chi connectivity index (χ1) is 10.9. The van der Waals surface area contributed by atoms with Crippen LogP contribution in [-0.4, -0.2) is 31.1 Å². The minimum absolute atomic E-state index is 0.646. The van der Waals surface area contributed by atoms with Crippen LogP contribution in [0.5, 0.6) is 0 Å². The van der Waals surface area contributed by atoms with Gasteiger partial charge in [0.05, 0.1) is 17.2 Å². The van der Waals surface area contributed by atoms with Crippen molar-refractivity contribution in [2.24, 2.45) is 5.10 Å². The molecule has 108 valence electrons. The highest BCUT2D eigenvalue weighted by Gasteiger charge is 2.07. The van der Waals surface area contributed by atoms with Crippen molar-refractivity contribution in [1.29, 1.82) is 0 Å². The van der Waals surface area contributed by atoms with E-state index >= 15 is 0 Å². The third-order valence-electron chi connectivity index (χ3n) is 2.89. The number of H-pyrrole nitrogens is 1. The average Bonchev–Trinajstić information content (AvgIpc) is 3.26. The summed E-state index contributed by atoms with van der Waals surface area (Å²) in [5, 5.41) is 13.0. The Morgan fingerprint density at radius 1 is 1.14 bits per heavy atom. The largest absolute Gasteiger partial charge is 0.448 e. The highest BCUT2D eigenvalue weighted by atomic mass is 32.2. The van der Waals surface area contributed by atoms with E-state index in [4.69, 9.17) is 4.42 Å². The SMILES string of the molecule is C(=N/n1cnnc1)/c1ccc(Sc2nc3ccccc3[nH]2)o1. The van der Waals surface area contributed by atoms with Gasteiger partial charge >= 0.3 is 0 Å². The summed E-state index contributed by atoms with van der Waals surface area (Å²) in [6, 6.07) is 11.6. The molecule has 0 atom stereocenters. The molecular formula is C14H10N6OS. The molecule has 0 amide bonds. The standard InChI is InChI=1S/C14H10N6OS/c1-2-4-12-11(3-1)18-14(19-12)22-13-6-5-10(21-13)7-17-20-8-15-16-9-20/h1-9H,(H,18,19)/b17-7-. The molecule has 0 saturated carbocycles. The van der Waals surface area contributed by atoms with Gasteiger partial charge in [-0.05, 0) is 36.0 Å². The van der Waals surface area contributed by atoms with Gasteiger partial charge in [-0.25, -0.2) is 9.66 Å². The van der Waals surface area contributed by atoms with E-state index in [1.54, 1.807) is 6.21 Å². The molecule has 3 aromatic heterocycles. The summed E-state index contributed by atoms with van der Waals surface area (Å²) in [6.45, 7) is 0. The van der Waals surface area contributed by atoms with Crippen LogP contribution in [0, 0.1) is 0 Å². The van der Waals surface area contributed by atoms with Gasteiger partial charge in [-0.2, -0.15) is 5.10 Å². The third-order valence-corrected chi connectivity index (χ3v) is 3.70. The molecule has 7 nitrogen and oxygen atoms in total. The van der Waals surface area contributed by atoms with Crippen LogP contribution >= 0.6 is 11.8 Å². The van der Waals surface area contributed by atoms with E-state index in [9.17, 15) is 0 Å². The van der Waals surface area contributed by atoms with E-state index in [-0.39, 0.29) is 0 Å². The van der Waals surface area contributed by atoms with Crippen LogP contribution in [0.1, 0.15) is 5.76 Å². The Kier molecular flexibility index (Phi) is 3.20. The monoisotopic (exact) mass is 310 g/mol. The van der Waals surface area contributed by atoms with Crippen LogP contribution in [0.4, 0.5) is 0 Å². The number of nitrogens with zero attached hydrogens (tertiary/aromatic N) is 5. The predicted octanol–water partition coefficient (Wildman–Crippen LogP) is 2.78. The number of nitrogens with one attached hydrogen (secondary N) is 1. The molecule has 4 aromatic rings. The summed E-state index contributed by atoms with van der Waals surface area (Å²) in [5.41, 5.74) is 1.94. The normalized spacial score (nSPS) is 11.6. The zero-order chi connectivity index (χ0) is 14.8. The minimum atomic E-state index is 0.646. The molecule has 3 heterocycles. The maximum Gasteiger partial charge on any atom is 0.174 e. The number of rotatable bonds is 4. The average molecular weight is 310 g/mol. The van der Waals surface area contributed by atoms with Gasteiger partial charge in [-0.3, -0.25) is 0 Å². The molecule has 22 heavy (non-hydrogen) atoms. The summed E-state index contributed by atoms with van der Waals surface area (Å²) in [4.78, 5) is 7.74. The van der Waals surface area contributed by atoms with Gasteiger partial charge in [0.2, 0.25) is 0 Å². The quantitative estimate of drug-likeness (QED) is 0.586. The Labute approximate surface area is 129 Å². The molecule has 0 fully saturated rings. The van der Waals surface area contributed by atoms with Crippen molar-refractivity contribution in [3.63, 3.8) is 0 Å². The number of hydrogen-bond acceptors (Lipinski definition) is 6. The van der Waals surface area contributed by atoms with Gasteiger partial charge in [-0.15, -0.1) is 10.2 Å². The van der Waals surface area contributed by atoms with Gasteiger partial charge in [0.25, 0.3) is 0 Å². The van der Waals surface area contributed by atoms with Crippen molar-refractivity contribution < 1.29 is 4.42 Å². The summed E-state index contributed by atoms with van der Waals surface area (Å²) in [7, 11) is 0. The van der Waals surface area contributed by atoms with Crippen molar-refractivity contribution in [2.45, 2.75) is 10.2 Å². The summed E-state index contributed by atoms with van der Waals surface area (Å²) in [6.07, 6.45) is 4.61. The Morgan fingerprint density at radius 2 is 2.00 bits per heavy atom. The van der Waals surface area contributed by atoms with Crippen LogP contribution < -0.4 is 0 Å². The first-order valence-electron chi connectivity index (χ1n) is 6.48. The van der Waals surface area contributed by atoms with Crippen LogP contribution in [0.3, 0.4) is 0 Å². The molecule has 1 N–H and O–H groups in total. The first-order valence-corrected chi connectivity index (χ1v) is 7.30. The number of imidazole rings is 1. The molecule has 0 radical (unpaired) electrons. The van der Waals surface area contributed by atoms with E-state index in [0.29, 0.717) is 5.76 Å². The second-order valence-corrected chi connectivity index (χ2v) is 5.40. The van der Waals surface area contributed by atoms with Crippen LogP contribution in [0.25, 0.3) is 11.0 Å². The number of aromatic nitrogens is 5. The van der Waals surface area contributed by atoms with Gasteiger partial charge in [-0.1, -0.05) is 12.1 Å². The van der Waals surface area contributed by atoms with Crippen molar-refractivity contribution in [2.75, 3.05) is 0 Å². The van der Waals surface area contributed by atoms with Gasteiger partial charge in [0, 0.05) is 0 Å². The van der Waals surface area contributed by atoms with Crippen molar-refractivity contribution in [1.82, 2.24) is 24.8 Å². The van der Waals surface area contributed by atoms with Gasteiger partial charge < -0.3 is 9.40 Å². The van der Waals surface area contributed by atoms with E-state index < -0.39 is 0 Å². The number of hydrogen-bond donors (Lipinski definition) is 1. The number of aromatic amines is 1. The molecule has 0 aliphatic carbocycles. The fourth-order valence-electron chi connectivity index (χ4n) is 1.91. The molecule has 0 aliphatic rings. The molecule has 0 bridgehead atoms. The highest BCUT2D eigenvalue weighted by Crippen LogP contribution is 2.28. The summed E-state index contributed by atoms with van der Waals surface area (Å²) < 4.78 is 7.18. The first kappa shape index (κ1) is 12.8. The second-order valence-electron chi connectivity index (χ2n) is 4.40. The fourth-order valence-corrected chi connectivity index (χ4v) is 2.68. The summed E-state index contributed by atoms with van der Waals surface area (Å²) in [5.74, 6) is 0.646. The predicted molar refractivity (Wildman–Crippen MR) is 81.9 cm³/mol.